The lowest BCUT2D eigenvalue weighted by atomic mass is 10.0. The summed E-state index contributed by atoms with van der Waals surface area (Å²) >= 11 is 0. The van der Waals surface area contributed by atoms with Gasteiger partial charge in [-0.05, 0) is 18.6 Å². The fraction of sp³-hybridized carbons (Fsp3) is 0.0714. The summed E-state index contributed by atoms with van der Waals surface area (Å²) < 4.78 is 5.30. The van der Waals surface area contributed by atoms with Gasteiger partial charge in [0, 0.05) is 11.1 Å². The minimum absolute atomic E-state index is 0.410. The molecule has 0 aliphatic heterocycles. The van der Waals surface area contributed by atoms with Crippen molar-refractivity contribution < 1.29 is 4.42 Å². The third-order valence-corrected chi connectivity index (χ3v) is 2.90. The maximum Gasteiger partial charge on any atom is 0.181 e. The normalized spacial score (nSPS) is 10.6. The van der Waals surface area contributed by atoms with Crippen LogP contribution < -0.4 is 5.73 Å². The number of hydrogen-bond acceptors (Lipinski definition) is 5. The summed E-state index contributed by atoms with van der Waals surface area (Å²) in [6.07, 6.45) is 6.32. The first kappa shape index (κ1) is 11.4. The Morgan fingerprint density at radius 1 is 1.11 bits per heavy atom. The van der Waals surface area contributed by atoms with E-state index in [1.165, 1.54) is 6.39 Å². The van der Waals surface area contributed by atoms with Gasteiger partial charge in [0.15, 0.2) is 12.2 Å². The van der Waals surface area contributed by atoms with Crippen LogP contribution in [0.1, 0.15) is 5.56 Å². The van der Waals surface area contributed by atoms with E-state index in [1.807, 2.05) is 25.1 Å². The molecule has 0 radical (unpaired) electrons. The van der Waals surface area contributed by atoms with Crippen molar-refractivity contribution in [3.05, 3.63) is 48.7 Å². The van der Waals surface area contributed by atoms with Crippen LogP contribution in [0, 0.1) is 6.92 Å². The summed E-state index contributed by atoms with van der Waals surface area (Å²) in [6.45, 7) is 2.03. The largest absolute Gasteiger partial charge is 0.444 e. The van der Waals surface area contributed by atoms with E-state index in [0.717, 1.165) is 28.1 Å². The number of hydrogen-bond donors (Lipinski definition) is 1. The zero-order valence-corrected chi connectivity index (χ0v) is 10.4. The van der Waals surface area contributed by atoms with Gasteiger partial charge in [-0.3, -0.25) is 4.98 Å². The molecule has 19 heavy (non-hydrogen) atoms. The SMILES string of the molecule is Cc1ccc(-c2cnco2)cc1-c1cnc(N)cn1. The number of anilines is 1. The van der Waals surface area contributed by atoms with E-state index < -0.39 is 0 Å². The Hall–Kier alpha value is -2.69. The van der Waals surface area contributed by atoms with Crippen LogP contribution in [0.3, 0.4) is 0 Å². The van der Waals surface area contributed by atoms with Crippen LogP contribution in [0.5, 0.6) is 0 Å². The molecule has 0 saturated heterocycles. The second-order valence-corrected chi connectivity index (χ2v) is 4.22. The number of nitrogen functional groups attached to an aromatic ring is 1. The fourth-order valence-electron chi connectivity index (χ4n) is 1.89. The second kappa shape index (κ2) is 4.53. The number of nitrogens with two attached hydrogens (primary N) is 1. The third kappa shape index (κ3) is 2.18. The lowest BCUT2D eigenvalue weighted by Gasteiger charge is -2.07. The zero-order valence-electron chi connectivity index (χ0n) is 10.4. The second-order valence-electron chi connectivity index (χ2n) is 4.22. The molecule has 3 aromatic rings. The molecule has 2 aromatic heterocycles. The van der Waals surface area contributed by atoms with Gasteiger partial charge in [0.2, 0.25) is 0 Å². The Kier molecular flexibility index (Phi) is 2.72. The lowest BCUT2D eigenvalue weighted by Crippen LogP contribution is -1.94. The van der Waals surface area contributed by atoms with Crippen LogP contribution in [0.2, 0.25) is 0 Å². The summed E-state index contributed by atoms with van der Waals surface area (Å²) in [5.41, 5.74) is 9.41. The van der Waals surface area contributed by atoms with Gasteiger partial charge in [-0.15, -0.1) is 0 Å². The van der Waals surface area contributed by atoms with Crippen molar-refractivity contribution in [2.24, 2.45) is 0 Å². The smallest absolute Gasteiger partial charge is 0.181 e. The highest BCUT2D eigenvalue weighted by atomic mass is 16.3. The molecule has 3 rings (SSSR count). The zero-order chi connectivity index (χ0) is 13.2. The van der Waals surface area contributed by atoms with E-state index in [1.54, 1.807) is 18.6 Å². The van der Waals surface area contributed by atoms with Gasteiger partial charge >= 0.3 is 0 Å². The lowest BCUT2D eigenvalue weighted by molar-refractivity contribution is 0.572. The Morgan fingerprint density at radius 2 is 2.00 bits per heavy atom. The molecule has 0 atom stereocenters. The first-order chi connectivity index (χ1) is 9.24. The Bertz CT molecular complexity index is 690. The maximum atomic E-state index is 5.55. The predicted molar refractivity (Wildman–Crippen MR) is 72.1 cm³/mol. The molecule has 0 bridgehead atoms. The average molecular weight is 252 g/mol. The van der Waals surface area contributed by atoms with Crippen molar-refractivity contribution in [1.29, 1.82) is 0 Å². The first-order valence-corrected chi connectivity index (χ1v) is 5.81. The summed E-state index contributed by atoms with van der Waals surface area (Å²) in [7, 11) is 0. The third-order valence-electron chi connectivity index (χ3n) is 2.90. The molecular formula is C14H12N4O. The molecule has 0 saturated carbocycles. The van der Waals surface area contributed by atoms with Gasteiger partial charge in [0.05, 0.1) is 24.3 Å². The monoisotopic (exact) mass is 252 g/mol. The predicted octanol–water partition coefficient (Wildman–Crippen LogP) is 2.69. The average Bonchev–Trinajstić information content (AvgIpc) is 2.94. The van der Waals surface area contributed by atoms with Crippen LogP contribution in [-0.4, -0.2) is 15.0 Å². The quantitative estimate of drug-likeness (QED) is 0.758. The molecule has 1 aromatic carbocycles. The van der Waals surface area contributed by atoms with Gasteiger partial charge in [-0.1, -0.05) is 12.1 Å². The Labute approximate surface area is 110 Å². The molecule has 0 aliphatic carbocycles. The Balaban J connectivity index is 2.10. The van der Waals surface area contributed by atoms with Crippen LogP contribution >= 0.6 is 0 Å². The van der Waals surface area contributed by atoms with Crippen molar-refractivity contribution in [3.63, 3.8) is 0 Å². The minimum atomic E-state index is 0.410. The standard InChI is InChI=1S/C14H12N4O/c1-9-2-3-10(13-6-16-8-19-13)4-11(9)12-5-18-14(15)7-17-12/h2-8H,1H3,(H2,15,18). The minimum Gasteiger partial charge on any atom is -0.444 e. The first-order valence-electron chi connectivity index (χ1n) is 5.81. The van der Waals surface area contributed by atoms with E-state index in [0.29, 0.717) is 5.82 Å². The van der Waals surface area contributed by atoms with Gasteiger partial charge in [0.25, 0.3) is 0 Å². The highest BCUT2D eigenvalue weighted by molar-refractivity contribution is 5.71. The van der Waals surface area contributed by atoms with Gasteiger partial charge in [-0.2, -0.15) is 0 Å². The van der Waals surface area contributed by atoms with Gasteiger partial charge in [-0.25, -0.2) is 9.97 Å². The van der Waals surface area contributed by atoms with Crippen molar-refractivity contribution in [3.8, 4) is 22.6 Å². The highest BCUT2D eigenvalue weighted by Gasteiger charge is 2.08. The molecule has 0 fully saturated rings. The number of rotatable bonds is 2. The summed E-state index contributed by atoms with van der Waals surface area (Å²) in [5.74, 6) is 1.14. The Morgan fingerprint density at radius 3 is 2.68 bits per heavy atom. The number of oxazole rings is 1. The summed E-state index contributed by atoms with van der Waals surface area (Å²) in [4.78, 5) is 12.3. The summed E-state index contributed by atoms with van der Waals surface area (Å²) in [6, 6.07) is 6.02. The number of aryl methyl sites for hydroxylation is 1. The van der Waals surface area contributed by atoms with Crippen LogP contribution in [0.4, 0.5) is 5.82 Å². The van der Waals surface area contributed by atoms with Gasteiger partial charge in [0.1, 0.15) is 5.82 Å². The number of nitrogens with zero attached hydrogens (tertiary/aromatic N) is 3. The molecular weight excluding hydrogens is 240 g/mol. The van der Waals surface area contributed by atoms with Crippen LogP contribution in [0.25, 0.3) is 22.6 Å². The molecule has 0 amide bonds. The molecule has 5 heteroatoms. The van der Waals surface area contributed by atoms with E-state index in [9.17, 15) is 0 Å². The van der Waals surface area contributed by atoms with E-state index >= 15 is 0 Å². The highest BCUT2D eigenvalue weighted by Crippen LogP contribution is 2.27. The van der Waals surface area contributed by atoms with Crippen LogP contribution in [-0.2, 0) is 0 Å². The molecule has 0 spiro atoms. The van der Waals surface area contributed by atoms with E-state index in [4.69, 9.17) is 10.2 Å². The maximum absolute atomic E-state index is 5.55. The van der Waals surface area contributed by atoms with Crippen molar-refractivity contribution in [2.75, 3.05) is 5.73 Å². The molecule has 2 N–H and O–H groups in total. The van der Waals surface area contributed by atoms with Crippen LogP contribution in [0.15, 0.2) is 47.6 Å². The van der Waals surface area contributed by atoms with Gasteiger partial charge < -0.3 is 10.2 Å². The van der Waals surface area contributed by atoms with Crippen molar-refractivity contribution in [1.82, 2.24) is 15.0 Å². The van der Waals surface area contributed by atoms with E-state index in [-0.39, 0.29) is 0 Å². The molecule has 2 heterocycles. The van der Waals surface area contributed by atoms with E-state index in [2.05, 4.69) is 15.0 Å². The summed E-state index contributed by atoms with van der Waals surface area (Å²) in [5, 5.41) is 0. The molecule has 94 valence electrons. The van der Waals surface area contributed by atoms with Crippen molar-refractivity contribution >= 4 is 5.82 Å². The fourth-order valence-corrected chi connectivity index (χ4v) is 1.89. The molecule has 5 nitrogen and oxygen atoms in total. The molecule has 0 unspecified atom stereocenters. The van der Waals surface area contributed by atoms with Crippen molar-refractivity contribution in [2.45, 2.75) is 6.92 Å². The topological polar surface area (TPSA) is 77.8 Å². The number of aromatic nitrogens is 3. The number of benzene rings is 1. The molecule has 0 aliphatic rings.